The maximum absolute atomic E-state index is 11.3. The average Bonchev–Trinajstić information content (AvgIpc) is 2.77. The molecular formula is C31H42N2O. The largest absolute Gasteiger partial charge is 0.507 e. The van der Waals surface area contributed by atoms with E-state index < -0.39 is 0 Å². The summed E-state index contributed by atoms with van der Waals surface area (Å²) in [5.41, 5.74) is 5.78. The summed E-state index contributed by atoms with van der Waals surface area (Å²) in [4.78, 5) is 2.43. The van der Waals surface area contributed by atoms with Crippen molar-refractivity contribution in [1.29, 1.82) is 0 Å². The average molecular weight is 459 g/mol. The van der Waals surface area contributed by atoms with Gasteiger partial charge in [0.2, 0.25) is 0 Å². The number of hydrogen-bond acceptors (Lipinski definition) is 3. The van der Waals surface area contributed by atoms with Crippen LogP contribution in [0.2, 0.25) is 0 Å². The number of aromatic hydroxyl groups is 1. The molecule has 2 N–H and O–H groups in total. The Morgan fingerprint density at radius 3 is 1.88 bits per heavy atom. The Balaban J connectivity index is 1.82. The van der Waals surface area contributed by atoms with Crippen molar-refractivity contribution < 1.29 is 5.11 Å². The van der Waals surface area contributed by atoms with Crippen LogP contribution in [-0.4, -0.2) is 23.1 Å². The summed E-state index contributed by atoms with van der Waals surface area (Å²) in [7, 11) is 0. The number of nitrogens with zero attached hydrogens (tertiary/aromatic N) is 1. The van der Waals surface area contributed by atoms with E-state index in [4.69, 9.17) is 0 Å². The minimum absolute atomic E-state index is 0.0178. The third-order valence-corrected chi connectivity index (χ3v) is 6.28. The molecule has 3 nitrogen and oxygen atoms in total. The molecule has 0 fully saturated rings. The maximum Gasteiger partial charge on any atom is 0.123 e. The monoisotopic (exact) mass is 458 g/mol. The molecule has 0 bridgehead atoms. The normalized spacial score (nSPS) is 12.3. The highest BCUT2D eigenvalue weighted by molar-refractivity contribution is 5.48. The second-order valence-corrected chi connectivity index (χ2v) is 11.4. The lowest BCUT2D eigenvalue weighted by molar-refractivity contribution is 0.252. The zero-order chi connectivity index (χ0) is 24.8. The molecule has 3 rings (SSSR count). The zero-order valence-corrected chi connectivity index (χ0v) is 21.9. The standard InChI is InChI=1S/C31H42N2O/c1-30(2,3)27-19-26(29(34)28(20-27)31(4,5)6)23-33(22-25-15-11-8-12-16-25)18-17-32-21-24-13-9-7-10-14-24/h7-16,19-20,32,34H,17-18,21-23H2,1-6H3. The van der Waals surface area contributed by atoms with Gasteiger partial charge in [0.1, 0.15) is 5.75 Å². The molecule has 0 aliphatic rings. The van der Waals surface area contributed by atoms with Gasteiger partial charge >= 0.3 is 0 Å². The Morgan fingerprint density at radius 1 is 0.735 bits per heavy atom. The fraction of sp³-hybridized carbons (Fsp3) is 0.419. The quantitative estimate of drug-likeness (QED) is 0.347. The Hall–Kier alpha value is -2.62. The maximum atomic E-state index is 11.3. The minimum atomic E-state index is -0.123. The summed E-state index contributed by atoms with van der Waals surface area (Å²) in [6, 6.07) is 25.5. The summed E-state index contributed by atoms with van der Waals surface area (Å²) in [6.45, 7) is 17.4. The third kappa shape index (κ3) is 7.44. The van der Waals surface area contributed by atoms with Gasteiger partial charge in [-0.15, -0.1) is 0 Å². The van der Waals surface area contributed by atoms with Crippen molar-refractivity contribution in [1.82, 2.24) is 10.2 Å². The van der Waals surface area contributed by atoms with Crippen LogP contribution in [0.25, 0.3) is 0 Å². The van der Waals surface area contributed by atoms with E-state index in [0.29, 0.717) is 12.3 Å². The van der Waals surface area contributed by atoms with Crippen LogP contribution in [-0.2, 0) is 30.5 Å². The molecule has 0 saturated carbocycles. The number of nitrogens with one attached hydrogen (secondary N) is 1. The van der Waals surface area contributed by atoms with Crippen LogP contribution in [0.3, 0.4) is 0 Å². The van der Waals surface area contributed by atoms with Crippen molar-refractivity contribution >= 4 is 0 Å². The fourth-order valence-corrected chi connectivity index (χ4v) is 4.18. The van der Waals surface area contributed by atoms with E-state index in [9.17, 15) is 5.11 Å². The van der Waals surface area contributed by atoms with Crippen LogP contribution < -0.4 is 5.32 Å². The molecule has 0 heterocycles. The van der Waals surface area contributed by atoms with Crippen LogP contribution in [0.15, 0.2) is 72.8 Å². The highest BCUT2D eigenvalue weighted by Gasteiger charge is 2.25. The van der Waals surface area contributed by atoms with Crippen LogP contribution in [0.5, 0.6) is 5.75 Å². The van der Waals surface area contributed by atoms with E-state index in [-0.39, 0.29) is 10.8 Å². The van der Waals surface area contributed by atoms with Gasteiger partial charge in [-0.1, -0.05) is 114 Å². The summed E-state index contributed by atoms with van der Waals surface area (Å²) in [6.07, 6.45) is 0. The minimum Gasteiger partial charge on any atom is -0.507 e. The Kier molecular flexibility index (Phi) is 8.57. The smallest absolute Gasteiger partial charge is 0.123 e. The van der Waals surface area contributed by atoms with Crippen molar-refractivity contribution in [2.45, 2.75) is 72.0 Å². The van der Waals surface area contributed by atoms with Gasteiger partial charge < -0.3 is 10.4 Å². The van der Waals surface area contributed by atoms with Crippen molar-refractivity contribution in [2.75, 3.05) is 13.1 Å². The molecule has 3 aromatic rings. The van der Waals surface area contributed by atoms with E-state index in [1.165, 1.54) is 16.7 Å². The van der Waals surface area contributed by atoms with Gasteiger partial charge in [0.25, 0.3) is 0 Å². The summed E-state index contributed by atoms with van der Waals surface area (Å²) >= 11 is 0. The molecule has 0 saturated heterocycles. The SMILES string of the molecule is CC(C)(C)c1cc(CN(CCNCc2ccccc2)Cc2ccccc2)c(O)c(C(C)(C)C)c1. The lowest BCUT2D eigenvalue weighted by atomic mass is 9.79. The zero-order valence-electron chi connectivity index (χ0n) is 21.9. The molecule has 3 aromatic carbocycles. The molecule has 0 atom stereocenters. The second kappa shape index (κ2) is 11.2. The first-order chi connectivity index (χ1) is 16.0. The summed E-state index contributed by atoms with van der Waals surface area (Å²) in [5.74, 6) is 0.441. The Bertz CT molecular complexity index is 1030. The van der Waals surface area contributed by atoms with Crippen molar-refractivity contribution in [2.24, 2.45) is 0 Å². The predicted octanol–water partition coefficient (Wildman–Crippen LogP) is 6.78. The van der Waals surface area contributed by atoms with Crippen LogP contribution >= 0.6 is 0 Å². The molecule has 0 amide bonds. The molecule has 0 aromatic heterocycles. The number of phenols is 1. The van der Waals surface area contributed by atoms with E-state index in [1.807, 2.05) is 0 Å². The molecule has 0 aliphatic carbocycles. The van der Waals surface area contributed by atoms with Crippen molar-refractivity contribution in [3.8, 4) is 5.75 Å². The van der Waals surface area contributed by atoms with E-state index in [2.05, 4.69) is 125 Å². The fourth-order valence-electron chi connectivity index (χ4n) is 4.18. The predicted molar refractivity (Wildman–Crippen MR) is 144 cm³/mol. The highest BCUT2D eigenvalue weighted by Crippen LogP contribution is 2.38. The molecule has 182 valence electrons. The van der Waals surface area contributed by atoms with E-state index in [1.54, 1.807) is 0 Å². The number of phenolic OH excluding ortho intramolecular Hbond substituents is 1. The first-order valence-electron chi connectivity index (χ1n) is 12.4. The van der Waals surface area contributed by atoms with Crippen molar-refractivity contribution in [3.63, 3.8) is 0 Å². The lowest BCUT2D eigenvalue weighted by Crippen LogP contribution is -2.31. The van der Waals surface area contributed by atoms with Gasteiger partial charge in [0, 0.05) is 38.3 Å². The first-order valence-corrected chi connectivity index (χ1v) is 12.4. The molecule has 0 unspecified atom stereocenters. The molecule has 34 heavy (non-hydrogen) atoms. The first kappa shape index (κ1) is 26.0. The number of benzene rings is 3. The van der Waals surface area contributed by atoms with Gasteiger partial charge in [-0.2, -0.15) is 0 Å². The van der Waals surface area contributed by atoms with E-state index in [0.717, 1.165) is 37.3 Å². The third-order valence-electron chi connectivity index (χ3n) is 6.28. The van der Waals surface area contributed by atoms with Gasteiger partial charge in [-0.05, 0) is 33.1 Å². The molecule has 0 radical (unpaired) electrons. The summed E-state index contributed by atoms with van der Waals surface area (Å²) in [5, 5.41) is 14.9. The van der Waals surface area contributed by atoms with Crippen LogP contribution in [0, 0.1) is 0 Å². The molecular weight excluding hydrogens is 416 g/mol. The van der Waals surface area contributed by atoms with Gasteiger partial charge in [0.05, 0.1) is 0 Å². The molecule has 0 spiro atoms. The van der Waals surface area contributed by atoms with E-state index >= 15 is 0 Å². The number of hydrogen-bond donors (Lipinski definition) is 2. The molecule has 3 heteroatoms. The Labute approximate surface area is 206 Å². The summed E-state index contributed by atoms with van der Waals surface area (Å²) < 4.78 is 0. The lowest BCUT2D eigenvalue weighted by Gasteiger charge is -2.29. The van der Waals surface area contributed by atoms with Gasteiger partial charge in [-0.25, -0.2) is 0 Å². The number of rotatable bonds is 9. The topological polar surface area (TPSA) is 35.5 Å². The van der Waals surface area contributed by atoms with Gasteiger partial charge in [0.15, 0.2) is 0 Å². The van der Waals surface area contributed by atoms with Crippen molar-refractivity contribution in [3.05, 3.63) is 101 Å². The van der Waals surface area contributed by atoms with Gasteiger partial charge in [-0.3, -0.25) is 4.90 Å². The van der Waals surface area contributed by atoms with Crippen LogP contribution in [0.1, 0.15) is 69.4 Å². The second-order valence-electron chi connectivity index (χ2n) is 11.4. The highest BCUT2D eigenvalue weighted by atomic mass is 16.3. The Morgan fingerprint density at radius 2 is 1.32 bits per heavy atom. The molecule has 0 aliphatic heterocycles. The van der Waals surface area contributed by atoms with Crippen LogP contribution in [0.4, 0.5) is 0 Å².